The highest BCUT2D eigenvalue weighted by Gasteiger charge is 2.15. The zero-order chi connectivity index (χ0) is 13.0. The fourth-order valence-electron chi connectivity index (χ4n) is 1.41. The highest BCUT2D eigenvalue weighted by atomic mass is 32.2. The van der Waals surface area contributed by atoms with E-state index in [1.54, 1.807) is 24.0 Å². The number of hydrogen-bond acceptors (Lipinski definition) is 5. The average Bonchev–Trinajstić information content (AvgIpc) is 2.99. The van der Waals surface area contributed by atoms with E-state index in [4.69, 9.17) is 5.73 Å². The van der Waals surface area contributed by atoms with Crippen molar-refractivity contribution in [3.8, 4) is 0 Å². The molecule has 2 aromatic rings. The predicted molar refractivity (Wildman–Crippen MR) is 69.7 cm³/mol. The molecule has 0 aliphatic heterocycles. The molecule has 2 rings (SSSR count). The van der Waals surface area contributed by atoms with Crippen LogP contribution < -0.4 is 10.5 Å². The average molecular weight is 286 g/mol. The Labute approximate surface area is 109 Å². The van der Waals surface area contributed by atoms with Gasteiger partial charge in [-0.3, -0.25) is 0 Å². The number of imidazole rings is 1. The van der Waals surface area contributed by atoms with Gasteiger partial charge in [0.1, 0.15) is 4.21 Å². The quantitative estimate of drug-likeness (QED) is 0.717. The molecule has 4 N–H and O–H groups in total. The maximum Gasteiger partial charge on any atom is 0.250 e. The van der Waals surface area contributed by atoms with Crippen LogP contribution in [0.5, 0.6) is 0 Å². The van der Waals surface area contributed by atoms with Crippen LogP contribution in [0.4, 0.5) is 0 Å². The lowest BCUT2D eigenvalue weighted by Crippen LogP contribution is -2.25. The van der Waals surface area contributed by atoms with Gasteiger partial charge in [-0.15, -0.1) is 11.3 Å². The highest BCUT2D eigenvalue weighted by molar-refractivity contribution is 7.91. The topological polar surface area (TPSA) is 101 Å². The van der Waals surface area contributed by atoms with Gasteiger partial charge in [0.05, 0.1) is 6.33 Å². The molecule has 0 atom stereocenters. The lowest BCUT2D eigenvalue weighted by atomic mass is 10.3. The first-order valence-electron chi connectivity index (χ1n) is 5.36. The molecule has 0 unspecified atom stereocenters. The fourth-order valence-corrected chi connectivity index (χ4v) is 3.71. The first-order chi connectivity index (χ1) is 8.62. The van der Waals surface area contributed by atoms with E-state index in [1.807, 2.05) is 0 Å². The van der Waals surface area contributed by atoms with E-state index in [0.29, 0.717) is 23.7 Å². The number of aromatic amines is 1. The minimum absolute atomic E-state index is 0.299. The van der Waals surface area contributed by atoms with Crippen LogP contribution in [0.25, 0.3) is 0 Å². The van der Waals surface area contributed by atoms with Gasteiger partial charge in [-0.05, 0) is 17.0 Å². The maximum absolute atomic E-state index is 11.9. The van der Waals surface area contributed by atoms with Gasteiger partial charge in [0.25, 0.3) is 0 Å². The minimum atomic E-state index is -3.42. The third kappa shape index (κ3) is 3.16. The van der Waals surface area contributed by atoms with Gasteiger partial charge in [0.15, 0.2) is 0 Å². The number of hydrogen-bond donors (Lipinski definition) is 3. The van der Waals surface area contributed by atoms with E-state index in [-0.39, 0.29) is 0 Å². The van der Waals surface area contributed by atoms with Crippen LogP contribution in [0, 0.1) is 0 Å². The van der Waals surface area contributed by atoms with E-state index in [9.17, 15) is 8.42 Å². The number of nitrogens with one attached hydrogen (secondary N) is 2. The van der Waals surface area contributed by atoms with Crippen molar-refractivity contribution in [1.82, 2.24) is 14.7 Å². The normalized spacial score (nSPS) is 11.8. The molecule has 0 fully saturated rings. The molecule has 0 aromatic carbocycles. The monoisotopic (exact) mass is 286 g/mol. The minimum Gasteiger partial charge on any atom is -0.348 e. The van der Waals surface area contributed by atoms with E-state index >= 15 is 0 Å². The summed E-state index contributed by atoms with van der Waals surface area (Å²) < 4.78 is 26.7. The molecule has 0 saturated carbocycles. The Kier molecular flexibility index (Phi) is 4.12. The van der Waals surface area contributed by atoms with Crippen molar-refractivity contribution in [3.63, 3.8) is 0 Å². The van der Waals surface area contributed by atoms with Gasteiger partial charge in [-0.25, -0.2) is 18.1 Å². The second kappa shape index (κ2) is 5.61. The van der Waals surface area contributed by atoms with Crippen molar-refractivity contribution in [1.29, 1.82) is 0 Å². The molecule has 0 aliphatic carbocycles. The van der Waals surface area contributed by atoms with Crippen molar-refractivity contribution in [2.75, 3.05) is 6.54 Å². The molecule has 2 heterocycles. The smallest absolute Gasteiger partial charge is 0.250 e. The van der Waals surface area contributed by atoms with Gasteiger partial charge in [0, 0.05) is 31.4 Å². The Hall–Kier alpha value is -1.22. The van der Waals surface area contributed by atoms with E-state index in [2.05, 4.69) is 14.7 Å². The van der Waals surface area contributed by atoms with Crippen molar-refractivity contribution >= 4 is 21.4 Å². The predicted octanol–water partition coefficient (Wildman–Crippen LogP) is 0.451. The van der Waals surface area contributed by atoms with Crippen molar-refractivity contribution < 1.29 is 8.42 Å². The highest BCUT2D eigenvalue weighted by Crippen LogP contribution is 2.19. The molecule has 0 saturated heterocycles. The number of rotatable bonds is 6. The summed E-state index contributed by atoms with van der Waals surface area (Å²) in [5, 5.41) is 1.75. The lowest BCUT2D eigenvalue weighted by molar-refractivity contribution is 0.583. The number of nitrogens with two attached hydrogens (primary N) is 1. The maximum atomic E-state index is 11.9. The molecule has 0 radical (unpaired) electrons. The molecule has 0 bridgehead atoms. The van der Waals surface area contributed by atoms with Crippen LogP contribution in [0.2, 0.25) is 0 Å². The molecular weight excluding hydrogens is 272 g/mol. The summed E-state index contributed by atoms with van der Waals surface area (Å²) in [4.78, 5) is 6.78. The molecule has 98 valence electrons. The van der Waals surface area contributed by atoms with Crippen LogP contribution in [-0.4, -0.2) is 24.9 Å². The lowest BCUT2D eigenvalue weighted by Gasteiger charge is -2.03. The van der Waals surface area contributed by atoms with Gasteiger partial charge in [-0.1, -0.05) is 0 Å². The first kappa shape index (κ1) is 13.2. The van der Waals surface area contributed by atoms with Crippen LogP contribution in [0.1, 0.15) is 11.3 Å². The third-order valence-electron chi connectivity index (χ3n) is 2.37. The number of aromatic nitrogens is 2. The zero-order valence-electron chi connectivity index (χ0n) is 9.59. The Morgan fingerprint density at radius 2 is 2.33 bits per heavy atom. The Morgan fingerprint density at radius 1 is 1.50 bits per heavy atom. The van der Waals surface area contributed by atoms with Crippen molar-refractivity contribution in [2.45, 2.75) is 17.2 Å². The van der Waals surface area contributed by atoms with Crippen LogP contribution >= 0.6 is 11.3 Å². The van der Waals surface area contributed by atoms with Crippen LogP contribution in [0.3, 0.4) is 0 Å². The molecule has 6 nitrogen and oxygen atoms in total. The molecule has 0 aliphatic rings. The molecule has 0 spiro atoms. The van der Waals surface area contributed by atoms with Gasteiger partial charge >= 0.3 is 0 Å². The van der Waals surface area contributed by atoms with E-state index < -0.39 is 10.0 Å². The summed E-state index contributed by atoms with van der Waals surface area (Å²) >= 11 is 1.18. The summed E-state index contributed by atoms with van der Waals surface area (Å²) in [6.07, 6.45) is 3.82. The summed E-state index contributed by atoms with van der Waals surface area (Å²) in [6, 6.07) is 1.60. The van der Waals surface area contributed by atoms with Crippen LogP contribution in [-0.2, 0) is 23.0 Å². The van der Waals surface area contributed by atoms with E-state index in [0.717, 1.165) is 11.3 Å². The van der Waals surface area contributed by atoms with Gasteiger partial charge in [0.2, 0.25) is 10.0 Å². The van der Waals surface area contributed by atoms with E-state index in [1.165, 1.54) is 11.3 Å². The molecule has 2 aromatic heterocycles. The number of sulfonamides is 1. The fraction of sp³-hybridized carbons (Fsp3) is 0.300. The molecule has 0 amide bonds. The Morgan fingerprint density at radius 3 is 2.94 bits per heavy atom. The largest absolute Gasteiger partial charge is 0.348 e. The number of H-pyrrole nitrogens is 1. The standard InChI is InChI=1S/C10H14N4O2S2/c11-4-8-3-10(17-6-8)18(15,16)14-2-1-9-5-12-7-13-9/h3,5-7,14H,1-2,4,11H2,(H,12,13). The number of thiophene rings is 1. The SMILES string of the molecule is NCc1csc(S(=O)(=O)NCCc2cnc[nH]2)c1. The van der Waals surface area contributed by atoms with Crippen molar-refractivity contribution in [2.24, 2.45) is 5.73 Å². The molecule has 8 heteroatoms. The molecular formula is C10H14N4O2S2. The zero-order valence-corrected chi connectivity index (χ0v) is 11.2. The summed E-state index contributed by atoms with van der Waals surface area (Å²) in [5.74, 6) is 0. The summed E-state index contributed by atoms with van der Waals surface area (Å²) in [5.41, 5.74) is 7.17. The second-order valence-electron chi connectivity index (χ2n) is 3.70. The molecule has 18 heavy (non-hydrogen) atoms. The summed E-state index contributed by atoms with van der Waals surface area (Å²) in [7, 11) is -3.42. The van der Waals surface area contributed by atoms with Crippen LogP contribution in [0.15, 0.2) is 28.2 Å². The second-order valence-corrected chi connectivity index (χ2v) is 6.61. The Balaban J connectivity index is 1.95. The number of nitrogens with zero attached hydrogens (tertiary/aromatic N) is 1. The van der Waals surface area contributed by atoms with Crippen molar-refractivity contribution in [3.05, 3.63) is 35.2 Å². The Bertz CT molecular complexity index is 589. The van der Waals surface area contributed by atoms with Gasteiger partial charge in [-0.2, -0.15) is 0 Å². The summed E-state index contributed by atoms with van der Waals surface area (Å²) in [6.45, 7) is 0.681. The van der Waals surface area contributed by atoms with Gasteiger partial charge < -0.3 is 10.7 Å². The third-order valence-corrected chi connectivity index (χ3v) is 5.32. The first-order valence-corrected chi connectivity index (χ1v) is 7.72.